The molecule has 34 heavy (non-hydrogen) atoms. The van der Waals surface area contributed by atoms with Crippen molar-refractivity contribution in [2.45, 2.75) is 33.0 Å². The highest BCUT2D eigenvalue weighted by atomic mass is 19.1. The Kier molecular flexibility index (Phi) is 5.57. The Morgan fingerprint density at radius 3 is 2.56 bits per heavy atom. The Bertz CT molecular complexity index is 1440. The second kappa shape index (κ2) is 8.57. The lowest BCUT2D eigenvalue weighted by Crippen LogP contribution is -2.43. The number of morpholine rings is 1. The summed E-state index contributed by atoms with van der Waals surface area (Å²) in [6, 6.07) is 8.46. The number of benzene rings is 1. The predicted molar refractivity (Wildman–Crippen MR) is 125 cm³/mol. The van der Waals surface area contributed by atoms with Crippen LogP contribution in [0.2, 0.25) is 0 Å². The molecule has 2 atom stereocenters. The summed E-state index contributed by atoms with van der Waals surface area (Å²) in [7, 11) is 0. The van der Waals surface area contributed by atoms with Gasteiger partial charge in [0.1, 0.15) is 34.8 Å². The van der Waals surface area contributed by atoms with Crippen molar-refractivity contribution in [3.05, 3.63) is 81.5 Å². The number of halogens is 2. The van der Waals surface area contributed by atoms with Crippen LogP contribution >= 0.6 is 0 Å². The van der Waals surface area contributed by atoms with E-state index in [-0.39, 0.29) is 23.3 Å². The van der Waals surface area contributed by atoms with Gasteiger partial charge in [-0.05, 0) is 44.5 Å². The Hall–Kier alpha value is -3.72. The van der Waals surface area contributed by atoms with E-state index in [4.69, 9.17) is 9.72 Å². The SMILES string of the molecule is Cc1nc2cc(N3C[C@@H](C)O[C@@H](c4ccc(=O)[nH]c4)C3)nc(-c3ccc(F)cc3F)c2nc1C. The van der Waals surface area contributed by atoms with Crippen LogP contribution in [0.4, 0.5) is 14.6 Å². The van der Waals surface area contributed by atoms with Crippen molar-refractivity contribution in [2.75, 3.05) is 18.0 Å². The molecule has 0 amide bonds. The van der Waals surface area contributed by atoms with Crippen LogP contribution in [0.1, 0.15) is 30.0 Å². The van der Waals surface area contributed by atoms with Crippen molar-refractivity contribution < 1.29 is 13.5 Å². The minimum Gasteiger partial charge on any atom is -0.367 e. The molecule has 0 saturated carbocycles. The second-order valence-corrected chi connectivity index (χ2v) is 8.54. The molecule has 0 aliphatic carbocycles. The molecule has 1 saturated heterocycles. The molecule has 1 fully saturated rings. The van der Waals surface area contributed by atoms with E-state index in [9.17, 15) is 13.6 Å². The van der Waals surface area contributed by atoms with Gasteiger partial charge in [-0.1, -0.05) is 0 Å². The average molecular weight is 463 g/mol. The second-order valence-electron chi connectivity index (χ2n) is 8.54. The molecule has 0 spiro atoms. The first-order valence-corrected chi connectivity index (χ1v) is 11.0. The van der Waals surface area contributed by atoms with Crippen molar-refractivity contribution >= 4 is 16.9 Å². The molecule has 4 aromatic rings. The van der Waals surface area contributed by atoms with Gasteiger partial charge >= 0.3 is 0 Å². The van der Waals surface area contributed by atoms with Crippen LogP contribution in [0.25, 0.3) is 22.3 Å². The molecule has 1 aliphatic heterocycles. The molecular weight excluding hydrogens is 440 g/mol. The summed E-state index contributed by atoms with van der Waals surface area (Å²) < 4.78 is 34.5. The third-order valence-corrected chi connectivity index (χ3v) is 6.00. The van der Waals surface area contributed by atoms with Gasteiger partial charge in [-0.15, -0.1) is 0 Å². The molecule has 5 rings (SSSR count). The number of rotatable bonds is 3. The minimum absolute atomic E-state index is 0.125. The largest absolute Gasteiger partial charge is 0.367 e. The summed E-state index contributed by atoms with van der Waals surface area (Å²) >= 11 is 0. The van der Waals surface area contributed by atoms with E-state index in [2.05, 4.69) is 15.0 Å². The Balaban J connectivity index is 1.63. The average Bonchev–Trinajstić information content (AvgIpc) is 2.79. The Labute approximate surface area is 194 Å². The smallest absolute Gasteiger partial charge is 0.247 e. The fourth-order valence-electron chi connectivity index (χ4n) is 4.19. The molecule has 9 heteroatoms. The molecule has 1 N–H and O–H groups in total. The molecule has 0 unspecified atom stereocenters. The Morgan fingerprint density at radius 2 is 1.82 bits per heavy atom. The summed E-state index contributed by atoms with van der Waals surface area (Å²) in [4.78, 5) is 30.3. The number of fused-ring (bicyclic) bond motifs is 1. The van der Waals surface area contributed by atoms with Crippen molar-refractivity contribution in [3.63, 3.8) is 0 Å². The first-order valence-electron chi connectivity index (χ1n) is 11.0. The topological polar surface area (TPSA) is 84.0 Å². The zero-order chi connectivity index (χ0) is 24.0. The standard InChI is InChI=1S/C25H23F2N5O2/c1-13-11-32(12-21(34-13)16-4-7-23(33)28-10-16)22-9-20-25(30-15(3)14(2)29-20)24(31-22)18-6-5-17(26)8-19(18)27/h4-10,13,21H,11-12H2,1-3H3,(H,28,33)/t13-,21-/m1/s1. The van der Waals surface area contributed by atoms with E-state index in [0.29, 0.717) is 41.3 Å². The number of anilines is 1. The van der Waals surface area contributed by atoms with Gasteiger partial charge in [0.05, 0.1) is 23.0 Å². The van der Waals surface area contributed by atoms with Crippen molar-refractivity contribution in [1.82, 2.24) is 19.9 Å². The van der Waals surface area contributed by atoms with Gasteiger partial charge in [0, 0.05) is 43.0 Å². The molecule has 1 aliphatic rings. The lowest BCUT2D eigenvalue weighted by molar-refractivity contribution is -0.0177. The maximum atomic E-state index is 14.8. The van der Waals surface area contributed by atoms with Crippen LogP contribution in [0.15, 0.2) is 47.4 Å². The number of nitrogens with zero attached hydrogens (tertiary/aromatic N) is 4. The summed E-state index contributed by atoms with van der Waals surface area (Å²) in [5.74, 6) is -0.786. The van der Waals surface area contributed by atoms with Crippen LogP contribution in [0.5, 0.6) is 0 Å². The van der Waals surface area contributed by atoms with Gasteiger partial charge in [0.15, 0.2) is 0 Å². The maximum absolute atomic E-state index is 14.8. The van der Waals surface area contributed by atoms with Gasteiger partial charge in [-0.2, -0.15) is 0 Å². The van der Waals surface area contributed by atoms with Crippen molar-refractivity contribution in [2.24, 2.45) is 0 Å². The first kappa shape index (κ1) is 22.1. The van der Waals surface area contributed by atoms with E-state index in [1.54, 1.807) is 12.3 Å². The van der Waals surface area contributed by atoms with E-state index in [0.717, 1.165) is 17.3 Å². The van der Waals surface area contributed by atoms with E-state index in [1.165, 1.54) is 18.2 Å². The predicted octanol–water partition coefficient (Wildman–Crippen LogP) is 4.24. The maximum Gasteiger partial charge on any atom is 0.247 e. The van der Waals surface area contributed by atoms with Gasteiger partial charge in [-0.25, -0.2) is 23.7 Å². The summed E-state index contributed by atoms with van der Waals surface area (Å²) in [6.45, 7) is 6.68. The zero-order valence-electron chi connectivity index (χ0n) is 19.0. The van der Waals surface area contributed by atoms with Gasteiger partial charge in [0.2, 0.25) is 5.56 Å². The highest BCUT2D eigenvalue weighted by molar-refractivity contribution is 5.91. The molecule has 0 radical (unpaired) electrons. The normalized spacial score (nSPS) is 18.4. The lowest BCUT2D eigenvalue weighted by Gasteiger charge is -2.37. The van der Waals surface area contributed by atoms with E-state index in [1.807, 2.05) is 31.7 Å². The van der Waals surface area contributed by atoms with Crippen molar-refractivity contribution in [3.8, 4) is 11.3 Å². The highest BCUT2D eigenvalue weighted by Gasteiger charge is 2.29. The monoisotopic (exact) mass is 463 g/mol. The van der Waals surface area contributed by atoms with Gasteiger partial charge in [-0.3, -0.25) is 4.79 Å². The van der Waals surface area contributed by atoms with Crippen LogP contribution in [-0.4, -0.2) is 39.1 Å². The van der Waals surface area contributed by atoms with E-state index >= 15 is 0 Å². The Morgan fingerprint density at radius 1 is 1.03 bits per heavy atom. The molecule has 7 nitrogen and oxygen atoms in total. The number of hydrogen-bond acceptors (Lipinski definition) is 6. The van der Waals surface area contributed by atoms with E-state index < -0.39 is 11.6 Å². The third-order valence-electron chi connectivity index (χ3n) is 6.00. The molecule has 1 aromatic carbocycles. The number of ether oxygens (including phenoxy) is 1. The quantitative estimate of drug-likeness (QED) is 0.489. The van der Waals surface area contributed by atoms with Crippen LogP contribution < -0.4 is 10.5 Å². The number of aromatic nitrogens is 4. The first-order chi connectivity index (χ1) is 16.3. The number of aryl methyl sites for hydroxylation is 2. The number of nitrogens with one attached hydrogen (secondary N) is 1. The fraction of sp³-hybridized carbons (Fsp3) is 0.280. The third kappa shape index (κ3) is 4.14. The van der Waals surface area contributed by atoms with Crippen molar-refractivity contribution in [1.29, 1.82) is 0 Å². The summed E-state index contributed by atoms with van der Waals surface area (Å²) in [6.07, 6.45) is 1.23. The molecule has 0 bridgehead atoms. The van der Waals surface area contributed by atoms with Gasteiger partial charge in [0.25, 0.3) is 0 Å². The van der Waals surface area contributed by atoms with Crippen LogP contribution in [-0.2, 0) is 4.74 Å². The molecule has 3 aromatic heterocycles. The summed E-state index contributed by atoms with van der Waals surface area (Å²) in [5, 5.41) is 0. The number of aromatic amines is 1. The molecule has 4 heterocycles. The lowest BCUT2D eigenvalue weighted by atomic mass is 10.1. The molecular formula is C25H23F2N5O2. The minimum atomic E-state index is -0.715. The fourth-order valence-corrected chi connectivity index (χ4v) is 4.19. The highest BCUT2D eigenvalue weighted by Crippen LogP contribution is 2.33. The summed E-state index contributed by atoms with van der Waals surface area (Å²) in [5.41, 5.74) is 3.62. The molecule has 174 valence electrons. The van der Waals surface area contributed by atoms with Gasteiger partial charge < -0.3 is 14.6 Å². The zero-order valence-corrected chi connectivity index (χ0v) is 19.0. The number of pyridine rings is 2. The number of hydrogen-bond donors (Lipinski definition) is 1. The van der Waals surface area contributed by atoms with Crippen LogP contribution in [0, 0.1) is 25.5 Å². The van der Waals surface area contributed by atoms with Crippen LogP contribution in [0.3, 0.4) is 0 Å². The number of H-pyrrole nitrogens is 1.